The van der Waals surface area contributed by atoms with Gasteiger partial charge in [-0.3, -0.25) is 4.79 Å². The number of rotatable bonds is 8. The van der Waals surface area contributed by atoms with E-state index in [4.69, 9.17) is 21.1 Å². The number of carbonyl (C=O) groups is 1. The Morgan fingerprint density at radius 1 is 1.21 bits per heavy atom. The van der Waals surface area contributed by atoms with Crippen LogP contribution in [0.1, 0.15) is 18.9 Å². The molecule has 2 aromatic carbocycles. The van der Waals surface area contributed by atoms with Gasteiger partial charge < -0.3 is 19.4 Å². The summed E-state index contributed by atoms with van der Waals surface area (Å²) in [5.41, 5.74) is 0.656. The van der Waals surface area contributed by atoms with Crippen molar-refractivity contribution in [3.8, 4) is 11.5 Å². The molecule has 0 saturated heterocycles. The predicted molar refractivity (Wildman–Crippen MR) is 114 cm³/mol. The van der Waals surface area contributed by atoms with Crippen molar-refractivity contribution in [2.75, 3.05) is 18.2 Å². The molecule has 1 atom stereocenters. The van der Waals surface area contributed by atoms with Crippen molar-refractivity contribution in [2.24, 2.45) is 7.05 Å². The maximum Gasteiger partial charge on any atom is 0.234 e. The highest BCUT2D eigenvalue weighted by molar-refractivity contribution is 7.99. The van der Waals surface area contributed by atoms with Crippen molar-refractivity contribution in [1.82, 2.24) is 14.8 Å². The van der Waals surface area contributed by atoms with Crippen LogP contribution in [0, 0.1) is 0 Å². The first-order valence-corrected chi connectivity index (χ1v) is 10.2. The molecule has 3 aromatic rings. The summed E-state index contributed by atoms with van der Waals surface area (Å²) in [6, 6.07) is 14.3. The van der Waals surface area contributed by atoms with Crippen LogP contribution in [0.25, 0.3) is 0 Å². The number of amides is 1. The topological polar surface area (TPSA) is 78.3 Å². The van der Waals surface area contributed by atoms with E-state index in [1.165, 1.54) is 11.8 Å². The van der Waals surface area contributed by atoms with Crippen LogP contribution in [0.15, 0.2) is 53.7 Å². The van der Waals surface area contributed by atoms with E-state index < -0.39 is 0 Å². The first kappa shape index (κ1) is 21.0. The van der Waals surface area contributed by atoms with Gasteiger partial charge in [0.1, 0.15) is 11.5 Å². The fourth-order valence-corrected chi connectivity index (χ4v) is 3.52. The van der Waals surface area contributed by atoms with Crippen molar-refractivity contribution < 1.29 is 14.3 Å². The minimum absolute atomic E-state index is 0.149. The molecule has 0 saturated carbocycles. The van der Waals surface area contributed by atoms with Crippen LogP contribution in [-0.4, -0.2) is 33.5 Å². The van der Waals surface area contributed by atoms with Crippen molar-refractivity contribution in [2.45, 2.75) is 18.2 Å². The number of anilines is 1. The van der Waals surface area contributed by atoms with Crippen molar-refractivity contribution >= 4 is 35.0 Å². The minimum atomic E-state index is -0.310. The normalized spacial score (nSPS) is 11.7. The minimum Gasteiger partial charge on any atom is -0.497 e. The highest BCUT2D eigenvalue weighted by Crippen LogP contribution is 2.25. The first-order chi connectivity index (χ1) is 14.0. The average Bonchev–Trinajstić information content (AvgIpc) is 3.07. The Balaban J connectivity index is 1.57. The summed E-state index contributed by atoms with van der Waals surface area (Å²) in [6.07, 6.45) is -0.310. The quantitative estimate of drug-likeness (QED) is 0.533. The van der Waals surface area contributed by atoms with Crippen LogP contribution in [-0.2, 0) is 11.8 Å². The van der Waals surface area contributed by atoms with Gasteiger partial charge in [-0.25, -0.2) is 0 Å². The van der Waals surface area contributed by atoms with Crippen LogP contribution < -0.4 is 14.8 Å². The number of benzene rings is 2. The molecule has 0 bridgehead atoms. The number of carbonyl (C=O) groups excluding carboxylic acids is 1. The third-order valence-electron chi connectivity index (χ3n) is 4.05. The van der Waals surface area contributed by atoms with Gasteiger partial charge in [-0.2, -0.15) is 0 Å². The Bertz CT molecular complexity index is 978. The van der Waals surface area contributed by atoms with Gasteiger partial charge in [-0.1, -0.05) is 29.4 Å². The van der Waals surface area contributed by atoms with Gasteiger partial charge in [-0.05, 0) is 49.4 Å². The van der Waals surface area contributed by atoms with Gasteiger partial charge in [0, 0.05) is 17.8 Å². The molecule has 7 nitrogen and oxygen atoms in total. The van der Waals surface area contributed by atoms with Crippen molar-refractivity contribution in [1.29, 1.82) is 0 Å². The second-order valence-electron chi connectivity index (χ2n) is 6.18. The average molecular weight is 433 g/mol. The molecule has 0 radical (unpaired) electrons. The highest BCUT2D eigenvalue weighted by atomic mass is 35.5. The SMILES string of the molecule is COc1ccc(OC(C)c2nnc(SCC(=O)Nc3cccc(Cl)c3)n2C)cc1. The maximum absolute atomic E-state index is 12.2. The van der Waals surface area contributed by atoms with Gasteiger partial charge in [-0.15, -0.1) is 10.2 Å². The molecule has 1 N–H and O–H groups in total. The van der Waals surface area contributed by atoms with E-state index in [9.17, 15) is 4.79 Å². The lowest BCUT2D eigenvalue weighted by Crippen LogP contribution is -2.14. The summed E-state index contributed by atoms with van der Waals surface area (Å²) in [4.78, 5) is 12.2. The van der Waals surface area contributed by atoms with E-state index in [0.29, 0.717) is 27.4 Å². The predicted octanol–water partition coefficient (Wildman–Crippen LogP) is 4.35. The fraction of sp³-hybridized carbons (Fsp3) is 0.250. The summed E-state index contributed by atoms with van der Waals surface area (Å²) in [6.45, 7) is 1.90. The Morgan fingerprint density at radius 3 is 2.62 bits per heavy atom. The molecule has 0 aliphatic carbocycles. The lowest BCUT2D eigenvalue weighted by Gasteiger charge is -2.14. The molecular weight excluding hydrogens is 412 g/mol. The number of nitrogens with zero attached hydrogens (tertiary/aromatic N) is 3. The van der Waals surface area contributed by atoms with Crippen LogP contribution in [0.5, 0.6) is 11.5 Å². The molecule has 1 heterocycles. The Morgan fingerprint density at radius 2 is 1.93 bits per heavy atom. The summed E-state index contributed by atoms with van der Waals surface area (Å²) < 4.78 is 12.9. The van der Waals surface area contributed by atoms with Gasteiger partial charge in [0.2, 0.25) is 5.91 Å². The third-order valence-corrected chi connectivity index (χ3v) is 5.30. The molecule has 1 unspecified atom stereocenters. The molecule has 0 spiro atoms. The number of thioether (sulfide) groups is 1. The standard InChI is InChI=1S/C20H21ClN4O3S/c1-13(28-17-9-7-16(27-3)8-10-17)19-23-24-20(25(19)2)29-12-18(26)22-15-6-4-5-14(21)11-15/h4-11,13H,12H2,1-3H3,(H,22,26). The fourth-order valence-electron chi connectivity index (χ4n) is 2.61. The molecule has 0 aliphatic rings. The zero-order chi connectivity index (χ0) is 20.8. The number of hydrogen-bond acceptors (Lipinski definition) is 6. The van der Waals surface area contributed by atoms with E-state index in [1.807, 2.05) is 42.8 Å². The summed E-state index contributed by atoms with van der Waals surface area (Å²) in [5, 5.41) is 12.4. The van der Waals surface area contributed by atoms with Gasteiger partial charge in [0.15, 0.2) is 17.1 Å². The molecule has 152 valence electrons. The van der Waals surface area contributed by atoms with Gasteiger partial charge >= 0.3 is 0 Å². The van der Waals surface area contributed by atoms with Crippen LogP contribution in [0.2, 0.25) is 5.02 Å². The second kappa shape index (κ2) is 9.67. The largest absolute Gasteiger partial charge is 0.497 e. The summed E-state index contributed by atoms with van der Waals surface area (Å²) in [5.74, 6) is 2.18. The molecule has 1 aromatic heterocycles. The van der Waals surface area contributed by atoms with E-state index in [-0.39, 0.29) is 17.8 Å². The maximum atomic E-state index is 12.2. The molecule has 1 amide bonds. The van der Waals surface area contributed by atoms with E-state index in [0.717, 1.165) is 5.75 Å². The van der Waals surface area contributed by atoms with E-state index in [2.05, 4.69) is 15.5 Å². The Kier molecular flexibility index (Phi) is 7.00. The van der Waals surface area contributed by atoms with Gasteiger partial charge in [0.25, 0.3) is 0 Å². The lowest BCUT2D eigenvalue weighted by molar-refractivity contribution is -0.113. The molecule has 9 heteroatoms. The van der Waals surface area contributed by atoms with Crippen LogP contribution in [0.4, 0.5) is 5.69 Å². The molecule has 0 aliphatic heterocycles. The van der Waals surface area contributed by atoms with E-state index in [1.54, 1.807) is 31.4 Å². The zero-order valence-corrected chi connectivity index (χ0v) is 17.8. The second-order valence-corrected chi connectivity index (χ2v) is 7.56. The highest BCUT2D eigenvalue weighted by Gasteiger charge is 2.18. The van der Waals surface area contributed by atoms with Crippen LogP contribution in [0.3, 0.4) is 0 Å². The number of aromatic nitrogens is 3. The number of halogens is 1. The van der Waals surface area contributed by atoms with E-state index >= 15 is 0 Å². The zero-order valence-electron chi connectivity index (χ0n) is 16.3. The van der Waals surface area contributed by atoms with Gasteiger partial charge in [0.05, 0.1) is 12.9 Å². The monoisotopic (exact) mass is 432 g/mol. The summed E-state index contributed by atoms with van der Waals surface area (Å²) in [7, 11) is 3.47. The lowest BCUT2D eigenvalue weighted by atomic mass is 10.3. The third kappa shape index (κ3) is 5.65. The molecule has 3 rings (SSSR count). The van der Waals surface area contributed by atoms with Crippen molar-refractivity contribution in [3.63, 3.8) is 0 Å². The smallest absolute Gasteiger partial charge is 0.234 e. The molecular formula is C20H21ClN4O3S. The molecule has 29 heavy (non-hydrogen) atoms. The number of methoxy groups -OCH3 is 1. The molecule has 0 fully saturated rings. The Hall–Kier alpha value is -2.71. The summed E-state index contributed by atoms with van der Waals surface area (Å²) >= 11 is 7.23. The number of nitrogens with one attached hydrogen (secondary N) is 1. The first-order valence-electron chi connectivity index (χ1n) is 8.84. The van der Waals surface area contributed by atoms with Crippen LogP contribution >= 0.6 is 23.4 Å². The number of ether oxygens (including phenoxy) is 2. The number of hydrogen-bond donors (Lipinski definition) is 1. The Labute approximate surface area is 178 Å². The van der Waals surface area contributed by atoms with Crippen molar-refractivity contribution in [3.05, 3.63) is 59.4 Å².